The number of hydrogen-bond acceptors (Lipinski definition) is 4. The molecule has 118 valence electrons. The Bertz CT molecular complexity index is 740. The number of carbonyl (C=O) groups excluding carboxylic acids is 1. The number of hydrogen-bond donors (Lipinski definition) is 1. The normalized spacial score (nSPS) is 21.9. The largest absolute Gasteiger partial charge is 0.352 e. The second-order valence-corrected chi connectivity index (χ2v) is 6.21. The van der Waals surface area contributed by atoms with E-state index in [0.29, 0.717) is 11.0 Å². The highest BCUT2D eigenvalue weighted by atomic mass is 16.2. The van der Waals surface area contributed by atoms with Crippen LogP contribution in [0.15, 0.2) is 17.3 Å². The van der Waals surface area contributed by atoms with Gasteiger partial charge in [0.25, 0.3) is 5.56 Å². The molecule has 7 nitrogen and oxygen atoms in total. The Kier molecular flexibility index (Phi) is 3.96. The van der Waals surface area contributed by atoms with E-state index in [1.165, 1.54) is 17.1 Å². The van der Waals surface area contributed by atoms with Crippen LogP contribution in [-0.2, 0) is 18.4 Å². The van der Waals surface area contributed by atoms with Crippen molar-refractivity contribution in [1.29, 1.82) is 0 Å². The molecular weight excluding hydrogens is 282 g/mol. The van der Waals surface area contributed by atoms with Crippen LogP contribution in [0.4, 0.5) is 0 Å². The van der Waals surface area contributed by atoms with E-state index in [9.17, 15) is 9.59 Å². The fourth-order valence-corrected chi connectivity index (χ4v) is 3.01. The fourth-order valence-electron chi connectivity index (χ4n) is 3.01. The predicted octanol–water partition coefficient (Wildman–Crippen LogP) is 0.825. The second kappa shape index (κ2) is 5.90. The molecule has 1 aliphatic carbocycles. The molecule has 0 unspecified atom stereocenters. The smallest absolute Gasteiger partial charge is 0.264 e. The molecule has 1 N–H and O–H groups in total. The molecule has 7 heteroatoms. The topological polar surface area (TPSA) is 81.8 Å². The van der Waals surface area contributed by atoms with Crippen molar-refractivity contribution in [3.63, 3.8) is 0 Å². The van der Waals surface area contributed by atoms with E-state index in [1.54, 1.807) is 11.7 Å². The molecule has 3 rings (SSSR count). The van der Waals surface area contributed by atoms with Gasteiger partial charge in [0.1, 0.15) is 18.3 Å². The molecule has 2 heterocycles. The summed E-state index contributed by atoms with van der Waals surface area (Å²) >= 11 is 0. The zero-order valence-electron chi connectivity index (χ0n) is 13.0. The molecule has 1 saturated carbocycles. The Hall–Kier alpha value is -2.18. The second-order valence-electron chi connectivity index (χ2n) is 6.21. The minimum atomic E-state index is -0.231. The minimum Gasteiger partial charge on any atom is -0.352 e. The summed E-state index contributed by atoms with van der Waals surface area (Å²) in [5, 5.41) is 7.47. The lowest BCUT2D eigenvalue weighted by Gasteiger charge is -2.26. The molecular formula is C15H21N5O2. The molecule has 0 atom stereocenters. The molecule has 0 aromatic carbocycles. The first kappa shape index (κ1) is 14.7. The van der Waals surface area contributed by atoms with Gasteiger partial charge in [-0.1, -0.05) is 6.92 Å². The Morgan fingerprint density at radius 2 is 2.09 bits per heavy atom. The van der Waals surface area contributed by atoms with Gasteiger partial charge in [0.05, 0.1) is 6.20 Å². The average Bonchev–Trinajstić information content (AvgIpc) is 2.87. The lowest BCUT2D eigenvalue weighted by molar-refractivity contribution is -0.122. The van der Waals surface area contributed by atoms with Crippen LogP contribution in [0.2, 0.25) is 0 Å². The Balaban J connectivity index is 1.69. The number of aryl methyl sites for hydroxylation is 1. The minimum absolute atomic E-state index is 0.00270. The summed E-state index contributed by atoms with van der Waals surface area (Å²) in [6.07, 6.45) is 7.22. The Labute approximate surface area is 128 Å². The number of amides is 1. The van der Waals surface area contributed by atoms with Gasteiger partial charge in [-0.2, -0.15) is 5.10 Å². The van der Waals surface area contributed by atoms with Crippen molar-refractivity contribution < 1.29 is 4.79 Å². The summed E-state index contributed by atoms with van der Waals surface area (Å²) in [5.74, 6) is 0.611. The molecule has 0 saturated heterocycles. The third-order valence-electron chi connectivity index (χ3n) is 4.41. The maximum atomic E-state index is 12.3. The summed E-state index contributed by atoms with van der Waals surface area (Å²) in [6, 6.07) is 0.231. The number of rotatable bonds is 3. The monoisotopic (exact) mass is 303 g/mol. The van der Waals surface area contributed by atoms with Gasteiger partial charge in [-0.25, -0.2) is 4.98 Å². The van der Waals surface area contributed by atoms with Crippen molar-refractivity contribution in [2.75, 3.05) is 0 Å². The summed E-state index contributed by atoms with van der Waals surface area (Å²) in [6.45, 7) is 2.25. The molecule has 1 aliphatic rings. The fraction of sp³-hybridized carbons (Fsp3) is 0.600. The summed E-state index contributed by atoms with van der Waals surface area (Å²) in [4.78, 5) is 28.6. The highest BCUT2D eigenvalue weighted by molar-refractivity contribution is 5.77. The van der Waals surface area contributed by atoms with Crippen LogP contribution < -0.4 is 10.9 Å². The molecule has 0 bridgehead atoms. The van der Waals surface area contributed by atoms with E-state index in [2.05, 4.69) is 22.3 Å². The zero-order chi connectivity index (χ0) is 15.7. The van der Waals surface area contributed by atoms with E-state index in [-0.39, 0.29) is 24.1 Å². The van der Waals surface area contributed by atoms with Gasteiger partial charge >= 0.3 is 0 Å². The Morgan fingerprint density at radius 3 is 2.82 bits per heavy atom. The molecule has 1 amide bonds. The van der Waals surface area contributed by atoms with Crippen molar-refractivity contribution >= 4 is 16.9 Å². The van der Waals surface area contributed by atoms with Crippen LogP contribution in [0.3, 0.4) is 0 Å². The number of nitrogens with zero attached hydrogens (tertiary/aromatic N) is 4. The molecule has 22 heavy (non-hydrogen) atoms. The van der Waals surface area contributed by atoms with Crippen molar-refractivity contribution in [3.8, 4) is 0 Å². The van der Waals surface area contributed by atoms with E-state index in [4.69, 9.17) is 0 Å². The van der Waals surface area contributed by atoms with Gasteiger partial charge in [-0.15, -0.1) is 0 Å². The molecule has 1 fully saturated rings. The predicted molar refractivity (Wildman–Crippen MR) is 82.3 cm³/mol. The lowest BCUT2D eigenvalue weighted by Crippen LogP contribution is -2.40. The number of aromatic nitrogens is 4. The average molecular weight is 303 g/mol. The third-order valence-corrected chi connectivity index (χ3v) is 4.41. The summed E-state index contributed by atoms with van der Waals surface area (Å²) in [5.41, 5.74) is 0.299. The number of fused-ring (bicyclic) bond motifs is 1. The Morgan fingerprint density at radius 1 is 1.36 bits per heavy atom. The van der Waals surface area contributed by atoms with Gasteiger partial charge in [0, 0.05) is 13.1 Å². The lowest BCUT2D eigenvalue weighted by atomic mass is 9.87. The SMILES string of the molecule is CC1CCC(NC(=O)Cn2cnc3c(cnn3C)c2=O)CC1. The first-order valence-corrected chi connectivity index (χ1v) is 7.71. The van der Waals surface area contributed by atoms with E-state index >= 15 is 0 Å². The summed E-state index contributed by atoms with van der Waals surface area (Å²) < 4.78 is 2.88. The quantitative estimate of drug-likeness (QED) is 0.910. The highest BCUT2D eigenvalue weighted by Crippen LogP contribution is 2.23. The standard InChI is InChI=1S/C15H21N5O2/c1-10-3-5-11(6-4-10)18-13(21)8-20-9-16-14-12(15(20)22)7-17-19(14)2/h7,9-11H,3-6,8H2,1-2H3,(H,18,21). The van der Waals surface area contributed by atoms with Gasteiger partial charge in [-0.3, -0.25) is 18.8 Å². The maximum Gasteiger partial charge on any atom is 0.264 e. The number of carbonyl (C=O) groups is 1. The highest BCUT2D eigenvalue weighted by Gasteiger charge is 2.20. The van der Waals surface area contributed by atoms with Crippen molar-refractivity contribution in [1.82, 2.24) is 24.6 Å². The first-order chi connectivity index (χ1) is 10.5. The zero-order valence-corrected chi connectivity index (χ0v) is 13.0. The molecule has 0 radical (unpaired) electrons. The van der Waals surface area contributed by atoms with Gasteiger partial charge in [0.15, 0.2) is 5.65 Å². The van der Waals surface area contributed by atoms with Crippen molar-refractivity contribution in [2.45, 2.75) is 45.2 Å². The van der Waals surface area contributed by atoms with E-state index in [1.807, 2.05) is 0 Å². The van der Waals surface area contributed by atoms with E-state index in [0.717, 1.165) is 31.6 Å². The van der Waals surface area contributed by atoms with Crippen LogP contribution in [0, 0.1) is 5.92 Å². The summed E-state index contributed by atoms with van der Waals surface area (Å²) in [7, 11) is 1.73. The maximum absolute atomic E-state index is 12.3. The molecule has 2 aromatic heterocycles. The third kappa shape index (κ3) is 2.88. The van der Waals surface area contributed by atoms with Crippen LogP contribution in [0.5, 0.6) is 0 Å². The van der Waals surface area contributed by atoms with Crippen LogP contribution in [0.25, 0.3) is 11.0 Å². The van der Waals surface area contributed by atoms with Gasteiger partial charge in [-0.05, 0) is 31.6 Å². The van der Waals surface area contributed by atoms with Crippen LogP contribution in [-0.4, -0.2) is 31.3 Å². The van der Waals surface area contributed by atoms with Crippen LogP contribution in [0.1, 0.15) is 32.6 Å². The van der Waals surface area contributed by atoms with Gasteiger partial charge < -0.3 is 5.32 Å². The van der Waals surface area contributed by atoms with Crippen molar-refractivity contribution in [2.24, 2.45) is 13.0 Å². The molecule has 0 spiro atoms. The van der Waals surface area contributed by atoms with E-state index < -0.39 is 0 Å². The van der Waals surface area contributed by atoms with Crippen molar-refractivity contribution in [3.05, 3.63) is 22.9 Å². The first-order valence-electron chi connectivity index (χ1n) is 7.71. The molecule has 0 aliphatic heterocycles. The van der Waals surface area contributed by atoms with Gasteiger partial charge in [0.2, 0.25) is 5.91 Å². The molecule has 2 aromatic rings. The number of nitrogens with one attached hydrogen (secondary N) is 1. The van der Waals surface area contributed by atoms with Crippen LogP contribution >= 0.6 is 0 Å².